The van der Waals surface area contributed by atoms with E-state index < -0.39 is 6.10 Å². The maximum Gasteiger partial charge on any atom is 0.110 e. The molecule has 0 bridgehead atoms. The topological polar surface area (TPSA) is 46.3 Å². The molecule has 1 unspecified atom stereocenters. The molecular formula is C17H17NO2. The molecule has 3 heteroatoms. The highest BCUT2D eigenvalue weighted by Gasteiger charge is 2.22. The van der Waals surface area contributed by atoms with Crippen LogP contribution in [0.15, 0.2) is 40.9 Å². The van der Waals surface area contributed by atoms with Crippen molar-refractivity contribution < 1.29 is 9.52 Å². The van der Waals surface area contributed by atoms with E-state index in [1.54, 1.807) is 6.20 Å². The summed E-state index contributed by atoms with van der Waals surface area (Å²) in [7, 11) is 0. The van der Waals surface area contributed by atoms with Crippen LogP contribution in [-0.4, -0.2) is 10.1 Å². The Hall–Kier alpha value is -2.13. The van der Waals surface area contributed by atoms with Gasteiger partial charge in [0, 0.05) is 22.7 Å². The Labute approximate surface area is 117 Å². The van der Waals surface area contributed by atoms with E-state index in [-0.39, 0.29) is 0 Å². The molecule has 2 aromatic heterocycles. The third-order valence-corrected chi connectivity index (χ3v) is 3.85. The quantitative estimate of drug-likeness (QED) is 0.767. The molecule has 0 amide bonds. The van der Waals surface area contributed by atoms with Crippen LogP contribution in [0.1, 0.15) is 34.3 Å². The van der Waals surface area contributed by atoms with Crippen molar-refractivity contribution in [3.05, 3.63) is 64.7 Å². The smallest absolute Gasteiger partial charge is 0.110 e. The molecule has 1 N–H and O–H groups in total. The summed E-state index contributed by atoms with van der Waals surface area (Å²) in [4.78, 5) is 4.40. The van der Waals surface area contributed by atoms with Crippen LogP contribution < -0.4 is 0 Å². The van der Waals surface area contributed by atoms with Crippen LogP contribution in [0.25, 0.3) is 10.9 Å². The molecule has 0 spiro atoms. The van der Waals surface area contributed by atoms with Gasteiger partial charge in [-0.1, -0.05) is 24.3 Å². The highest BCUT2D eigenvalue weighted by Crippen LogP contribution is 2.33. The minimum absolute atomic E-state index is 0.717. The molecule has 0 aliphatic carbocycles. The molecule has 20 heavy (non-hydrogen) atoms. The molecule has 3 aromatic rings. The number of para-hydroxylation sites is 1. The van der Waals surface area contributed by atoms with Crippen LogP contribution in [-0.2, 0) is 0 Å². The molecule has 3 nitrogen and oxygen atoms in total. The summed E-state index contributed by atoms with van der Waals surface area (Å²) in [6, 6.07) is 9.76. The fraction of sp³-hybridized carbons (Fsp3) is 0.235. The predicted molar refractivity (Wildman–Crippen MR) is 78.7 cm³/mol. The molecule has 0 saturated carbocycles. The van der Waals surface area contributed by atoms with Gasteiger partial charge in [-0.15, -0.1) is 0 Å². The summed E-state index contributed by atoms with van der Waals surface area (Å²) in [5, 5.41) is 11.8. The van der Waals surface area contributed by atoms with Gasteiger partial charge in [-0.2, -0.15) is 0 Å². The van der Waals surface area contributed by atoms with Crippen molar-refractivity contribution in [3.8, 4) is 0 Å². The number of hydrogen-bond acceptors (Lipinski definition) is 3. The number of rotatable bonds is 2. The summed E-state index contributed by atoms with van der Waals surface area (Å²) in [6.07, 6.45) is 1.03. The zero-order valence-corrected chi connectivity index (χ0v) is 11.8. The highest BCUT2D eigenvalue weighted by atomic mass is 16.3. The van der Waals surface area contributed by atoms with Gasteiger partial charge in [0.15, 0.2) is 0 Å². The van der Waals surface area contributed by atoms with Crippen molar-refractivity contribution in [1.29, 1.82) is 0 Å². The second kappa shape index (κ2) is 4.76. The standard InChI is InChI=1S/C17H17NO2/c1-10-11(2)20-12(3)15(10)17(19)14-8-4-6-13-7-5-9-18-16(13)14/h4-9,17,19H,1-3H3. The van der Waals surface area contributed by atoms with Crippen molar-refractivity contribution in [2.45, 2.75) is 26.9 Å². The molecule has 0 fully saturated rings. The lowest BCUT2D eigenvalue weighted by molar-refractivity contribution is 0.218. The third kappa shape index (κ3) is 1.91. The largest absolute Gasteiger partial charge is 0.466 e. The van der Waals surface area contributed by atoms with Crippen molar-refractivity contribution in [2.24, 2.45) is 0 Å². The predicted octanol–water partition coefficient (Wildman–Crippen LogP) is 3.83. The third-order valence-electron chi connectivity index (χ3n) is 3.85. The second-order valence-electron chi connectivity index (χ2n) is 5.08. The van der Waals surface area contributed by atoms with Crippen molar-refractivity contribution >= 4 is 10.9 Å². The van der Waals surface area contributed by atoms with Crippen molar-refractivity contribution in [2.75, 3.05) is 0 Å². The van der Waals surface area contributed by atoms with E-state index in [9.17, 15) is 5.11 Å². The number of pyridine rings is 1. The number of aliphatic hydroxyl groups excluding tert-OH is 1. The highest BCUT2D eigenvalue weighted by molar-refractivity contribution is 5.82. The van der Waals surface area contributed by atoms with E-state index in [1.165, 1.54) is 0 Å². The molecule has 0 aliphatic rings. The molecule has 0 aliphatic heterocycles. The summed E-state index contributed by atoms with van der Waals surface area (Å²) in [5.74, 6) is 1.62. The average molecular weight is 267 g/mol. The van der Waals surface area contributed by atoms with Crippen LogP contribution in [0.4, 0.5) is 0 Å². The first kappa shape index (κ1) is 12.9. The zero-order valence-electron chi connectivity index (χ0n) is 11.8. The molecule has 102 valence electrons. The van der Waals surface area contributed by atoms with Gasteiger partial charge in [-0.25, -0.2) is 0 Å². The van der Waals surface area contributed by atoms with E-state index in [0.717, 1.165) is 39.1 Å². The number of hydrogen-bond donors (Lipinski definition) is 1. The van der Waals surface area contributed by atoms with Crippen LogP contribution >= 0.6 is 0 Å². The minimum Gasteiger partial charge on any atom is -0.466 e. The number of benzene rings is 1. The Morgan fingerprint density at radius 3 is 2.50 bits per heavy atom. The van der Waals surface area contributed by atoms with Crippen molar-refractivity contribution in [3.63, 3.8) is 0 Å². The number of nitrogens with zero attached hydrogens (tertiary/aromatic N) is 1. The molecule has 2 heterocycles. The molecule has 0 saturated heterocycles. The summed E-state index contributed by atoms with van der Waals surface area (Å²) in [6.45, 7) is 5.78. The van der Waals surface area contributed by atoms with E-state index in [2.05, 4.69) is 4.98 Å². The molecular weight excluding hydrogens is 250 g/mol. The van der Waals surface area contributed by atoms with Gasteiger partial charge >= 0.3 is 0 Å². The van der Waals surface area contributed by atoms with Gasteiger partial charge in [-0.3, -0.25) is 4.98 Å². The van der Waals surface area contributed by atoms with E-state index in [1.807, 2.05) is 51.1 Å². The number of fused-ring (bicyclic) bond motifs is 1. The molecule has 1 atom stereocenters. The normalized spacial score (nSPS) is 12.8. The number of aromatic nitrogens is 1. The number of aliphatic hydroxyl groups is 1. The van der Waals surface area contributed by atoms with Gasteiger partial charge < -0.3 is 9.52 Å². The summed E-state index contributed by atoms with van der Waals surface area (Å²) < 4.78 is 5.62. The van der Waals surface area contributed by atoms with Gasteiger partial charge in [0.1, 0.15) is 17.6 Å². The summed E-state index contributed by atoms with van der Waals surface area (Å²) >= 11 is 0. The van der Waals surface area contributed by atoms with Gasteiger partial charge in [0.25, 0.3) is 0 Å². The lowest BCUT2D eigenvalue weighted by atomic mass is 9.96. The van der Waals surface area contributed by atoms with E-state index in [4.69, 9.17) is 4.42 Å². The molecule has 0 radical (unpaired) electrons. The maximum atomic E-state index is 10.8. The minimum atomic E-state index is -0.717. The van der Waals surface area contributed by atoms with Gasteiger partial charge in [0.05, 0.1) is 5.52 Å². The van der Waals surface area contributed by atoms with Gasteiger partial charge in [-0.05, 0) is 32.4 Å². The second-order valence-corrected chi connectivity index (χ2v) is 5.08. The Balaban J connectivity index is 2.20. The van der Waals surface area contributed by atoms with Gasteiger partial charge in [0.2, 0.25) is 0 Å². The van der Waals surface area contributed by atoms with Crippen molar-refractivity contribution in [1.82, 2.24) is 4.98 Å². The SMILES string of the molecule is Cc1oc(C)c(C(O)c2cccc3cccnc23)c1C. The fourth-order valence-corrected chi connectivity index (χ4v) is 2.72. The van der Waals surface area contributed by atoms with Crippen LogP contribution in [0.3, 0.4) is 0 Å². The Morgan fingerprint density at radius 2 is 1.80 bits per heavy atom. The summed E-state index contributed by atoms with van der Waals surface area (Å²) in [5.41, 5.74) is 3.50. The maximum absolute atomic E-state index is 10.8. The molecule has 3 rings (SSSR count). The average Bonchev–Trinajstić information content (AvgIpc) is 2.71. The van der Waals surface area contributed by atoms with Crippen LogP contribution in [0.5, 0.6) is 0 Å². The van der Waals surface area contributed by atoms with Crippen LogP contribution in [0, 0.1) is 20.8 Å². The Bertz CT molecular complexity index is 769. The number of furan rings is 1. The number of aryl methyl sites for hydroxylation is 2. The first-order valence-corrected chi connectivity index (χ1v) is 6.67. The Kier molecular flexibility index (Phi) is 3.07. The zero-order chi connectivity index (χ0) is 14.3. The fourth-order valence-electron chi connectivity index (χ4n) is 2.72. The lowest BCUT2D eigenvalue weighted by Crippen LogP contribution is -2.03. The Morgan fingerprint density at radius 1 is 1.05 bits per heavy atom. The molecule has 1 aromatic carbocycles. The first-order valence-electron chi connectivity index (χ1n) is 6.67. The van der Waals surface area contributed by atoms with Crippen LogP contribution in [0.2, 0.25) is 0 Å². The lowest BCUT2D eigenvalue weighted by Gasteiger charge is -2.13. The first-order chi connectivity index (χ1) is 9.59. The van der Waals surface area contributed by atoms with E-state index in [0.29, 0.717) is 0 Å². The van der Waals surface area contributed by atoms with E-state index >= 15 is 0 Å². The monoisotopic (exact) mass is 267 g/mol.